The van der Waals surface area contributed by atoms with E-state index in [1.807, 2.05) is 6.20 Å². The van der Waals surface area contributed by atoms with E-state index in [0.29, 0.717) is 16.6 Å². The second-order valence-corrected chi connectivity index (χ2v) is 4.23. The van der Waals surface area contributed by atoms with Crippen LogP contribution in [0.5, 0.6) is 0 Å². The molecular formula is C11H9ClN2O. The fourth-order valence-corrected chi connectivity index (χ4v) is 1.96. The number of rotatable bonds is 1. The van der Waals surface area contributed by atoms with Crippen LogP contribution < -0.4 is 5.43 Å². The summed E-state index contributed by atoms with van der Waals surface area (Å²) in [6.07, 6.45) is 5.76. The van der Waals surface area contributed by atoms with E-state index in [0.717, 1.165) is 5.52 Å². The van der Waals surface area contributed by atoms with Crippen LogP contribution in [0.2, 0.25) is 5.15 Å². The van der Waals surface area contributed by atoms with Gasteiger partial charge in [0.05, 0.1) is 10.9 Å². The van der Waals surface area contributed by atoms with Crippen LogP contribution in [0.3, 0.4) is 0 Å². The standard InChI is InChI=1S/C11H9ClN2O/c12-11-5-9-8(6-13-11)10(15)3-4-14(9)7-1-2-7/h3-7H,1-2H2. The minimum absolute atomic E-state index is 0.00562. The molecule has 1 saturated carbocycles. The highest BCUT2D eigenvalue weighted by Crippen LogP contribution is 2.36. The second-order valence-electron chi connectivity index (χ2n) is 3.84. The zero-order valence-corrected chi connectivity index (χ0v) is 8.74. The van der Waals surface area contributed by atoms with Crippen molar-refractivity contribution in [3.05, 3.63) is 39.9 Å². The summed E-state index contributed by atoms with van der Waals surface area (Å²) in [6, 6.07) is 3.89. The molecule has 0 aliphatic heterocycles. The van der Waals surface area contributed by atoms with Gasteiger partial charge in [-0.3, -0.25) is 4.79 Å². The fourth-order valence-electron chi connectivity index (χ4n) is 1.81. The summed E-state index contributed by atoms with van der Waals surface area (Å²) >= 11 is 5.84. The largest absolute Gasteiger partial charge is 0.344 e. The average molecular weight is 221 g/mol. The van der Waals surface area contributed by atoms with Crippen molar-refractivity contribution in [3.63, 3.8) is 0 Å². The molecule has 0 aromatic carbocycles. The molecule has 0 unspecified atom stereocenters. The lowest BCUT2D eigenvalue weighted by atomic mass is 10.2. The van der Waals surface area contributed by atoms with Crippen LogP contribution in [-0.2, 0) is 0 Å². The summed E-state index contributed by atoms with van der Waals surface area (Å²) in [5.74, 6) is 0. The number of halogens is 1. The number of pyridine rings is 2. The third-order valence-electron chi connectivity index (χ3n) is 2.72. The number of hydrogen-bond donors (Lipinski definition) is 0. The van der Waals surface area contributed by atoms with Gasteiger partial charge < -0.3 is 4.57 Å². The van der Waals surface area contributed by atoms with Gasteiger partial charge in [0.25, 0.3) is 0 Å². The van der Waals surface area contributed by atoms with Gasteiger partial charge in [-0.25, -0.2) is 4.98 Å². The van der Waals surface area contributed by atoms with E-state index in [9.17, 15) is 4.79 Å². The summed E-state index contributed by atoms with van der Waals surface area (Å²) < 4.78 is 2.12. The number of aromatic nitrogens is 2. The zero-order valence-electron chi connectivity index (χ0n) is 7.98. The normalized spacial score (nSPS) is 15.8. The molecule has 2 heterocycles. The molecule has 15 heavy (non-hydrogen) atoms. The van der Waals surface area contributed by atoms with Gasteiger partial charge in [0.1, 0.15) is 5.15 Å². The topological polar surface area (TPSA) is 34.9 Å². The van der Waals surface area contributed by atoms with E-state index in [2.05, 4.69) is 9.55 Å². The first-order chi connectivity index (χ1) is 7.25. The molecule has 1 aliphatic carbocycles. The number of fused-ring (bicyclic) bond motifs is 1. The highest BCUT2D eigenvalue weighted by Gasteiger charge is 2.24. The van der Waals surface area contributed by atoms with Crippen molar-refractivity contribution < 1.29 is 0 Å². The van der Waals surface area contributed by atoms with E-state index in [4.69, 9.17) is 11.6 Å². The Balaban J connectivity index is 2.41. The molecule has 76 valence electrons. The van der Waals surface area contributed by atoms with Gasteiger partial charge in [-0.2, -0.15) is 0 Å². The minimum Gasteiger partial charge on any atom is -0.344 e. The van der Waals surface area contributed by atoms with Crippen LogP contribution in [0.4, 0.5) is 0 Å². The van der Waals surface area contributed by atoms with Gasteiger partial charge in [0.2, 0.25) is 0 Å². The maximum Gasteiger partial charge on any atom is 0.190 e. The van der Waals surface area contributed by atoms with Gasteiger partial charge in [-0.1, -0.05) is 11.6 Å². The van der Waals surface area contributed by atoms with Crippen molar-refractivity contribution in [2.45, 2.75) is 18.9 Å². The van der Waals surface area contributed by atoms with Crippen molar-refractivity contribution in [1.29, 1.82) is 0 Å². The van der Waals surface area contributed by atoms with Crippen LogP contribution in [0.25, 0.3) is 10.9 Å². The summed E-state index contributed by atoms with van der Waals surface area (Å²) in [7, 11) is 0. The predicted octanol–water partition coefficient (Wildman–Crippen LogP) is 2.38. The quantitative estimate of drug-likeness (QED) is 0.692. The van der Waals surface area contributed by atoms with Crippen LogP contribution >= 0.6 is 11.6 Å². The Labute approximate surface area is 91.3 Å². The van der Waals surface area contributed by atoms with E-state index >= 15 is 0 Å². The first-order valence-corrected chi connectivity index (χ1v) is 5.30. The Hall–Kier alpha value is -1.35. The van der Waals surface area contributed by atoms with Crippen LogP contribution in [0, 0.1) is 0 Å². The maximum absolute atomic E-state index is 11.6. The van der Waals surface area contributed by atoms with E-state index in [-0.39, 0.29) is 5.43 Å². The zero-order chi connectivity index (χ0) is 10.4. The predicted molar refractivity (Wildman–Crippen MR) is 59.3 cm³/mol. The first-order valence-electron chi connectivity index (χ1n) is 4.92. The Kier molecular flexibility index (Phi) is 1.83. The molecule has 3 nitrogen and oxygen atoms in total. The van der Waals surface area contributed by atoms with Crippen LogP contribution in [-0.4, -0.2) is 9.55 Å². The molecule has 2 aromatic heterocycles. The summed E-state index contributed by atoms with van der Waals surface area (Å²) in [5, 5.41) is 1.08. The van der Waals surface area contributed by atoms with Crippen molar-refractivity contribution >= 4 is 22.5 Å². The smallest absolute Gasteiger partial charge is 0.190 e. The SMILES string of the molecule is O=c1ccn(C2CC2)c2cc(Cl)ncc12. The molecule has 1 fully saturated rings. The lowest BCUT2D eigenvalue weighted by molar-refractivity contribution is 0.766. The molecule has 0 amide bonds. The highest BCUT2D eigenvalue weighted by atomic mass is 35.5. The van der Waals surface area contributed by atoms with Crippen molar-refractivity contribution in [3.8, 4) is 0 Å². The van der Waals surface area contributed by atoms with Gasteiger partial charge in [-0.05, 0) is 18.9 Å². The number of hydrogen-bond acceptors (Lipinski definition) is 2. The third-order valence-corrected chi connectivity index (χ3v) is 2.93. The molecule has 0 atom stereocenters. The highest BCUT2D eigenvalue weighted by molar-refractivity contribution is 6.29. The molecule has 1 aliphatic rings. The van der Waals surface area contributed by atoms with Crippen LogP contribution in [0.15, 0.2) is 29.3 Å². The minimum atomic E-state index is 0.00562. The molecule has 0 spiro atoms. The van der Waals surface area contributed by atoms with Gasteiger partial charge >= 0.3 is 0 Å². The van der Waals surface area contributed by atoms with Crippen molar-refractivity contribution in [2.75, 3.05) is 0 Å². The lowest BCUT2D eigenvalue weighted by Gasteiger charge is -2.08. The van der Waals surface area contributed by atoms with Gasteiger partial charge in [-0.15, -0.1) is 0 Å². The molecule has 0 radical (unpaired) electrons. The summed E-state index contributed by atoms with van der Waals surface area (Å²) in [6.45, 7) is 0. The molecular weight excluding hydrogens is 212 g/mol. The van der Waals surface area contributed by atoms with E-state index in [1.54, 1.807) is 18.3 Å². The van der Waals surface area contributed by atoms with Gasteiger partial charge in [0.15, 0.2) is 5.43 Å². The molecule has 0 N–H and O–H groups in total. The molecule has 0 saturated heterocycles. The molecule has 0 bridgehead atoms. The lowest BCUT2D eigenvalue weighted by Crippen LogP contribution is -2.07. The Morgan fingerprint density at radius 2 is 2.27 bits per heavy atom. The molecule has 2 aromatic rings. The Morgan fingerprint density at radius 3 is 3.00 bits per heavy atom. The fraction of sp³-hybridized carbons (Fsp3) is 0.273. The Morgan fingerprint density at radius 1 is 1.47 bits per heavy atom. The van der Waals surface area contributed by atoms with Crippen LogP contribution in [0.1, 0.15) is 18.9 Å². The monoisotopic (exact) mass is 220 g/mol. The first kappa shape index (κ1) is 8.92. The summed E-state index contributed by atoms with van der Waals surface area (Å²) in [4.78, 5) is 15.5. The van der Waals surface area contributed by atoms with E-state index < -0.39 is 0 Å². The third kappa shape index (κ3) is 1.43. The molecule has 3 rings (SSSR count). The summed E-state index contributed by atoms with van der Waals surface area (Å²) in [5.41, 5.74) is 0.899. The van der Waals surface area contributed by atoms with Gasteiger partial charge in [0, 0.05) is 24.5 Å². The second kappa shape index (κ2) is 3.07. The number of nitrogens with zero attached hydrogens (tertiary/aromatic N) is 2. The molecule has 4 heteroatoms. The Bertz CT molecular complexity index is 587. The van der Waals surface area contributed by atoms with Crippen molar-refractivity contribution in [2.24, 2.45) is 0 Å². The maximum atomic E-state index is 11.6. The average Bonchev–Trinajstić information content (AvgIpc) is 3.02. The van der Waals surface area contributed by atoms with Crippen molar-refractivity contribution in [1.82, 2.24) is 9.55 Å². The van der Waals surface area contributed by atoms with E-state index in [1.165, 1.54) is 12.8 Å².